The molecular weight excluding hydrogens is 590 g/mol. The van der Waals surface area contributed by atoms with Gasteiger partial charge >= 0.3 is 0 Å². The minimum atomic E-state index is -0.310. The maximum atomic E-state index is 12.7. The highest BCUT2D eigenvalue weighted by molar-refractivity contribution is 5.97. The number of nitriles is 2. The van der Waals surface area contributed by atoms with E-state index < -0.39 is 0 Å². The van der Waals surface area contributed by atoms with Gasteiger partial charge in [-0.25, -0.2) is 4.98 Å². The summed E-state index contributed by atoms with van der Waals surface area (Å²) in [5, 5.41) is 22.7. The van der Waals surface area contributed by atoms with Crippen molar-refractivity contribution in [3.05, 3.63) is 71.4 Å². The van der Waals surface area contributed by atoms with Crippen LogP contribution in [0.1, 0.15) is 41.6 Å². The van der Waals surface area contributed by atoms with Crippen molar-refractivity contribution in [2.75, 3.05) is 75.4 Å². The van der Waals surface area contributed by atoms with Gasteiger partial charge in [0.15, 0.2) is 0 Å². The molecule has 0 bridgehead atoms. The van der Waals surface area contributed by atoms with Crippen molar-refractivity contribution >= 4 is 28.1 Å². The van der Waals surface area contributed by atoms with Gasteiger partial charge in [-0.05, 0) is 49.3 Å². The number of hydrogen-bond donors (Lipinski definition) is 0. The predicted octanol–water partition coefficient (Wildman–Crippen LogP) is 4.59. The molecule has 1 aromatic heterocycles. The molecule has 2 saturated heterocycles. The number of benzene rings is 2. The predicted molar refractivity (Wildman–Crippen MR) is 183 cm³/mol. The average Bonchev–Trinajstić information content (AvgIpc) is 3.38. The van der Waals surface area contributed by atoms with Crippen LogP contribution in [0.2, 0.25) is 0 Å². The van der Waals surface area contributed by atoms with Crippen LogP contribution in [-0.2, 0) is 22.5 Å². The Kier molecular flexibility index (Phi) is 10.2. The lowest BCUT2D eigenvalue weighted by Crippen LogP contribution is -2.55. The summed E-state index contributed by atoms with van der Waals surface area (Å²) >= 11 is 0. The van der Waals surface area contributed by atoms with E-state index in [0.29, 0.717) is 50.7 Å². The van der Waals surface area contributed by atoms with Crippen LogP contribution in [-0.4, -0.2) is 92.4 Å². The zero-order valence-electron chi connectivity index (χ0n) is 27.3. The van der Waals surface area contributed by atoms with Crippen molar-refractivity contribution in [3.8, 4) is 18.0 Å². The molecule has 1 atom stereocenters. The van der Waals surface area contributed by atoms with Gasteiger partial charge in [0.1, 0.15) is 11.6 Å². The second kappa shape index (κ2) is 14.8. The van der Waals surface area contributed by atoms with Crippen LogP contribution in [0.25, 0.3) is 10.8 Å². The summed E-state index contributed by atoms with van der Waals surface area (Å²) in [6, 6.07) is 17.2. The zero-order chi connectivity index (χ0) is 32.8. The summed E-state index contributed by atoms with van der Waals surface area (Å²) in [5.74, 6) is 0.181. The third-order valence-electron chi connectivity index (χ3n) is 9.59. The van der Waals surface area contributed by atoms with E-state index in [1.807, 2.05) is 0 Å². The molecule has 3 aliphatic heterocycles. The highest BCUT2D eigenvalue weighted by atomic mass is 16.5. The minimum Gasteiger partial charge on any atom is -0.477 e. The van der Waals surface area contributed by atoms with Gasteiger partial charge in [-0.1, -0.05) is 36.9 Å². The number of rotatable bonds is 9. The molecule has 3 aliphatic rings. The Hall–Kier alpha value is -4.64. The summed E-state index contributed by atoms with van der Waals surface area (Å²) in [5.41, 5.74) is 5.62. The number of fused-ring (bicyclic) bond motifs is 2. The van der Waals surface area contributed by atoms with Gasteiger partial charge in [0.2, 0.25) is 11.8 Å². The van der Waals surface area contributed by atoms with Crippen molar-refractivity contribution in [3.63, 3.8) is 0 Å². The van der Waals surface area contributed by atoms with Crippen LogP contribution in [0, 0.1) is 29.6 Å². The molecule has 10 heteroatoms. The molecule has 6 rings (SSSR count). The number of nitrogens with zero attached hydrogens (tertiary/aromatic N) is 7. The summed E-state index contributed by atoms with van der Waals surface area (Å²) in [4.78, 5) is 26.4. The molecule has 0 spiro atoms. The van der Waals surface area contributed by atoms with Crippen LogP contribution >= 0.6 is 0 Å². The lowest BCUT2D eigenvalue weighted by molar-refractivity contribution is -0.128. The van der Waals surface area contributed by atoms with Crippen molar-refractivity contribution in [1.29, 1.82) is 10.5 Å². The topological polar surface area (TPSA) is 109 Å². The highest BCUT2D eigenvalue weighted by Gasteiger charge is 2.35. The smallest absolute Gasteiger partial charge is 0.246 e. The van der Waals surface area contributed by atoms with E-state index in [0.717, 1.165) is 69.2 Å². The van der Waals surface area contributed by atoms with Gasteiger partial charge in [-0.3, -0.25) is 4.79 Å². The molecule has 3 aromatic rings. The normalized spacial score (nSPS) is 18.6. The number of hydrogen-bond acceptors (Lipinski definition) is 9. The van der Waals surface area contributed by atoms with Crippen LogP contribution in [0.4, 0.5) is 11.4 Å². The second-order valence-electron chi connectivity index (χ2n) is 12.5. The van der Waals surface area contributed by atoms with Crippen LogP contribution in [0.3, 0.4) is 0 Å². The van der Waals surface area contributed by atoms with E-state index in [1.165, 1.54) is 28.1 Å². The van der Waals surface area contributed by atoms with Gasteiger partial charge in [-0.15, -0.1) is 0 Å². The fourth-order valence-corrected chi connectivity index (χ4v) is 7.29. The summed E-state index contributed by atoms with van der Waals surface area (Å²) in [7, 11) is 0. The Morgan fingerprint density at radius 3 is 2.77 bits per heavy atom. The van der Waals surface area contributed by atoms with E-state index in [-0.39, 0.29) is 18.4 Å². The van der Waals surface area contributed by atoms with E-state index in [1.54, 1.807) is 4.90 Å². The molecule has 2 aromatic carbocycles. The van der Waals surface area contributed by atoms with Gasteiger partial charge in [0.25, 0.3) is 0 Å². The number of piperazine rings is 1. The molecule has 1 amide bonds. The average molecular weight is 634 g/mol. The lowest BCUT2D eigenvalue weighted by Gasteiger charge is -2.43. The largest absolute Gasteiger partial charge is 0.477 e. The number of pyridine rings is 1. The zero-order valence-corrected chi connectivity index (χ0v) is 27.3. The first-order valence-corrected chi connectivity index (χ1v) is 16.7. The van der Waals surface area contributed by atoms with Crippen molar-refractivity contribution < 1.29 is 14.3 Å². The fourth-order valence-electron chi connectivity index (χ4n) is 7.29. The second-order valence-corrected chi connectivity index (χ2v) is 12.5. The third kappa shape index (κ3) is 6.90. The number of anilines is 2. The Morgan fingerprint density at radius 2 is 1.96 bits per heavy atom. The standard InChI is InChI=1S/C37H43N7O3/c1-3-34(45)44-19-18-43(25-29(44)12-14-38)36-30-13-17-42(33-11-5-10-28-9-4-8-27(2)35(28)33)26-32(30)40-37(31(36)24-39)47-22-7-16-41-15-6-21-46-23-20-41/h3-5,8-11,29H,1,6-7,12-13,15-23,25-26H2,2H3/t29-/m0/s1. The molecule has 0 aliphatic carbocycles. The van der Waals surface area contributed by atoms with Crippen LogP contribution in [0.15, 0.2) is 49.1 Å². The van der Waals surface area contributed by atoms with Crippen LogP contribution < -0.4 is 14.5 Å². The van der Waals surface area contributed by atoms with Gasteiger partial charge in [-0.2, -0.15) is 10.5 Å². The Morgan fingerprint density at radius 1 is 1.11 bits per heavy atom. The molecule has 4 heterocycles. The van der Waals surface area contributed by atoms with Crippen molar-refractivity contribution in [1.82, 2.24) is 14.8 Å². The molecular formula is C37H43N7O3. The van der Waals surface area contributed by atoms with E-state index in [4.69, 9.17) is 14.5 Å². The highest BCUT2D eigenvalue weighted by Crippen LogP contribution is 2.40. The monoisotopic (exact) mass is 633 g/mol. The molecule has 47 heavy (non-hydrogen) atoms. The van der Waals surface area contributed by atoms with E-state index in [9.17, 15) is 15.3 Å². The molecule has 0 saturated carbocycles. The quantitative estimate of drug-likeness (QED) is 0.247. The number of aromatic nitrogens is 1. The minimum absolute atomic E-state index is 0.178. The molecule has 0 N–H and O–H groups in total. The summed E-state index contributed by atoms with van der Waals surface area (Å²) in [6.45, 7) is 13.4. The number of carbonyl (C=O) groups excluding carboxylic acids is 1. The van der Waals surface area contributed by atoms with E-state index >= 15 is 0 Å². The molecule has 0 unspecified atom stereocenters. The number of carbonyl (C=O) groups is 1. The third-order valence-corrected chi connectivity index (χ3v) is 9.59. The van der Waals surface area contributed by atoms with Gasteiger partial charge < -0.3 is 29.1 Å². The van der Waals surface area contributed by atoms with Crippen LogP contribution in [0.5, 0.6) is 5.88 Å². The van der Waals surface area contributed by atoms with Crippen molar-refractivity contribution in [2.45, 2.75) is 45.2 Å². The SMILES string of the molecule is C=CC(=O)N1CCN(c2c(C#N)c(OCCCN3CCCOCC3)nc3c2CCN(c2cccc4cccc(C)c24)C3)C[C@@H]1CC#N. The maximum absolute atomic E-state index is 12.7. The Labute approximate surface area is 277 Å². The first-order chi connectivity index (χ1) is 23.0. The van der Waals surface area contributed by atoms with Gasteiger partial charge in [0.05, 0.1) is 49.7 Å². The first-order valence-electron chi connectivity index (χ1n) is 16.7. The number of aryl methyl sites for hydroxylation is 1. The Balaban J connectivity index is 1.33. The molecule has 244 valence electrons. The van der Waals surface area contributed by atoms with E-state index in [2.05, 4.69) is 76.7 Å². The maximum Gasteiger partial charge on any atom is 0.246 e. The van der Waals surface area contributed by atoms with Gasteiger partial charge in [0, 0.05) is 69.1 Å². The number of ether oxygens (including phenoxy) is 2. The first kappa shape index (κ1) is 32.3. The Bertz CT molecular complexity index is 1700. The fraction of sp³-hybridized carbons (Fsp3) is 0.459. The molecule has 2 fully saturated rings. The number of amides is 1. The lowest BCUT2D eigenvalue weighted by atomic mass is 9.95. The molecule has 10 nitrogen and oxygen atoms in total. The molecule has 0 radical (unpaired) electrons. The summed E-state index contributed by atoms with van der Waals surface area (Å²) < 4.78 is 12.0. The summed E-state index contributed by atoms with van der Waals surface area (Å²) in [6.07, 6.45) is 4.06. The van der Waals surface area contributed by atoms with Crippen molar-refractivity contribution in [2.24, 2.45) is 0 Å².